The fourth-order valence-electron chi connectivity index (χ4n) is 8.48. The predicted molar refractivity (Wildman–Crippen MR) is 166 cm³/mol. The molecule has 1 saturated carbocycles. The van der Waals surface area contributed by atoms with Crippen LogP contribution in [0.3, 0.4) is 0 Å². The number of carbonyl (C=O) groups excluding carboxylic acids is 1. The van der Waals surface area contributed by atoms with E-state index in [2.05, 4.69) is 41.5 Å². The largest absolute Gasteiger partial charge is 0.500 e. The molecule has 1 fully saturated rings. The van der Waals surface area contributed by atoms with Crippen molar-refractivity contribution in [1.29, 1.82) is 0 Å². The first-order valence-corrected chi connectivity index (χ1v) is 17.3. The lowest BCUT2D eigenvalue weighted by molar-refractivity contribution is -0.341. The minimum Gasteiger partial charge on any atom is -0.500 e. The van der Waals surface area contributed by atoms with Gasteiger partial charge in [0.05, 0.1) is 39.5 Å². The molecule has 0 aliphatic heterocycles. The van der Waals surface area contributed by atoms with Crippen molar-refractivity contribution < 1.29 is 38.0 Å². The van der Waals surface area contributed by atoms with Crippen molar-refractivity contribution >= 4 is 14.1 Å². The van der Waals surface area contributed by atoms with Gasteiger partial charge in [-0.05, 0) is 46.7 Å². The lowest BCUT2D eigenvalue weighted by atomic mass is 9.50. The van der Waals surface area contributed by atoms with Crippen LogP contribution in [-0.2, 0) is 23.4 Å². The van der Waals surface area contributed by atoms with Crippen LogP contribution in [0.5, 0.6) is 11.5 Å². The molecule has 0 spiro atoms. The standard InChI is InChI=1S/C33H54O8Si/c1-19(2)31(35)32-18-27(41-42(20(3)4,21(5)6)22(7)8)29(23-14-15-24(36-9)25(16-23)37-10)30(33(32,39-12)40-13)26(38-11)17-28(32)34/h14-17,19-22,27,29-31,35H,18H2,1-13H3/t27-,29+,30+,31?,32+/m0/s1. The minimum absolute atomic E-state index is 0.219. The van der Waals surface area contributed by atoms with Crippen molar-refractivity contribution in [3.05, 3.63) is 35.6 Å². The summed E-state index contributed by atoms with van der Waals surface area (Å²) in [7, 11) is 5.40. The second-order valence-electron chi connectivity index (χ2n) is 13.1. The maximum atomic E-state index is 14.4. The highest BCUT2D eigenvalue weighted by Crippen LogP contribution is 2.64. The normalized spacial score (nSPS) is 26.6. The molecule has 1 aromatic rings. The smallest absolute Gasteiger partial charge is 0.200 e. The summed E-state index contributed by atoms with van der Waals surface area (Å²) in [5.74, 6) is -1.39. The van der Waals surface area contributed by atoms with Gasteiger partial charge in [0.15, 0.2) is 23.1 Å². The highest BCUT2D eigenvalue weighted by atomic mass is 28.4. The monoisotopic (exact) mass is 606 g/mol. The van der Waals surface area contributed by atoms with E-state index in [4.69, 9.17) is 28.1 Å². The number of aliphatic hydroxyl groups excluding tert-OH is 1. The van der Waals surface area contributed by atoms with E-state index in [1.54, 1.807) is 35.5 Å². The lowest BCUT2D eigenvalue weighted by Crippen LogP contribution is -2.73. The number of aliphatic hydroxyl groups is 1. The maximum absolute atomic E-state index is 14.4. The zero-order valence-electron chi connectivity index (χ0n) is 27.9. The van der Waals surface area contributed by atoms with Crippen LogP contribution >= 0.6 is 0 Å². The van der Waals surface area contributed by atoms with Gasteiger partial charge in [-0.3, -0.25) is 4.79 Å². The quantitative estimate of drug-likeness (QED) is 0.202. The molecule has 238 valence electrons. The number of allylic oxidation sites excluding steroid dienone is 1. The van der Waals surface area contributed by atoms with Gasteiger partial charge in [0.2, 0.25) is 8.32 Å². The summed E-state index contributed by atoms with van der Waals surface area (Å²) in [4.78, 5) is 14.4. The number of hydrogen-bond acceptors (Lipinski definition) is 8. The highest BCUT2D eigenvalue weighted by Gasteiger charge is 2.74. The summed E-state index contributed by atoms with van der Waals surface area (Å²) < 4.78 is 37.5. The third kappa shape index (κ3) is 5.03. The Bertz CT molecular complexity index is 1100. The van der Waals surface area contributed by atoms with Gasteiger partial charge in [0.25, 0.3) is 0 Å². The van der Waals surface area contributed by atoms with Gasteiger partial charge in [0, 0.05) is 26.2 Å². The lowest BCUT2D eigenvalue weighted by Gasteiger charge is -2.63. The number of ketones is 1. The topological polar surface area (TPSA) is 92.7 Å². The van der Waals surface area contributed by atoms with E-state index >= 15 is 0 Å². The molecule has 1 N–H and O–H groups in total. The van der Waals surface area contributed by atoms with Crippen molar-refractivity contribution in [3.63, 3.8) is 0 Å². The summed E-state index contributed by atoms with van der Waals surface area (Å²) in [6.07, 6.45) is 0.236. The number of hydrogen-bond donors (Lipinski definition) is 1. The minimum atomic E-state index is -2.48. The van der Waals surface area contributed by atoms with Gasteiger partial charge in [-0.25, -0.2) is 0 Å². The first-order chi connectivity index (χ1) is 19.7. The molecule has 0 saturated heterocycles. The zero-order chi connectivity index (χ0) is 31.8. The fraction of sp³-hybridized carbons (Fsp3) is 0.727. The summed E-state index contributed by atoms with van der Waals surface area (Å²) in [6, 6.07) is 5.87. The van der Waals surface area contributed by atoms with Gasteiger partial charge in [0.1, 0.15) is 11.2 Å². The summed E-state index contributed by atoms with van der Waals surface area (Å²) in [6.45, 7) is 17.3. The van der Waals surface area contributed by atoms with E-state index in [9.17, 15) is 9.90 Å². The Balaban J connectivity index is 2.47. The molecule has 3 rings (SSSR count). The predicted octanol–water partition coefficient (Wildman–Crippen LogP) is 6.47. The molecule has 2 aliphatic rings. The fourth-order valence-corrected chi connectivity index (χ4v) is 14.1. The number of carbonyl (C=O) groups is 1. The van der Waals surface area contributed by atoms with E-state index in [1.165, 1.54) is 6.08 Å². The van der Waals surface area contributed by atoms with Crippen molar-refractivity contribution in [3.8, 4) is 11.5 Å². The second kappa shape index (κ2) is 13.0. The van der Waals surface area contributed by atoms with Gasteiger partial charge in [-0.1, -0.05) is 61.5 Å². The zero-order valence-corrected chi connectivity index (χ0v) is 28.9. The summed E-state index contributed by atoms with van der Waals surface area (Å²) in [5.41, 5.74) is 0.405. The third-order valence-corrected chi connectivity index (χ3v) is 16.3. The molecule has 0 radical (unpaired) electrons. The van der Waals surface area contributed by atoms with E-state index in [-0.39, 0.29) is 24.0 Å². The van der Waals surface area contributed by atoms with Crippen LogP contribution in [0.2, 0.25) is 16.6 Å². The number of ether oxygens (including phenoxy) is 5. The highest BCUT2D eigenvalue weighted by molar-refractivity contribution is 6.77. The molecule has 42 heavy (non-hydrogen) atoms. The van der Waals surface area contributed by atoms with Gasteiger partial charge < -0.3 is 33.2 Å². The van der Waals surface area contributed by atoms with Gasteiger partial charge in [-0.2, -0.15) is 0 Å². The Hall–Kier alpha value is -1.91. The van der Waals surface area contributed by atoms with Gasteiger partial charge >= 0.3 is 0 Å². The van der Waals surface area contributed by atoms with E-state index < -0.39 is 37.6 Å². The van der Waals surface area contributed by atoms with Crippen LogP contribution in [0.4, 0.5) is 0 Å². The Kier molecular flexibility index (Phi) is 10.7. The molecule has 1 unspecified atom stereocenters. The molecular weight excluding hydrogens is 552 g/mol. The first-order valence-electron chi connectivity index (χ1n) is 15.2. The summed E-state index contributed by atoms with van der Waals surface area (Å²) >= 11 is 0. The van der Waals surface area contributed by atoms with Crippen LogP contribution in [0, 0.1) is 17.3 Å². The van der Waals surface area contributed by atoms with Crippen LogP contribution in [0.15, 0.2) is 30.0 Å². The number of methoxy groups -OCH3 is 5. The molecule has 1 aromatic carbocycles. The average Bonchev–Trinajstić information content (AvgIpc) is 2.95. The maximum Gasteiger partial charge on any atom is 0.200 e. The van der Waals surface area contributed by atoms with Crippen LogP contribution in [0.25, 0.3) is 0 Å². The van der Waals surface area contributed by atoms with E-state index in [1.807, 2.05) is 32.0 Å². The molecule has 0 amide bonds. The first kappa shape index (κ1) is 34.6. The molecule has 2 aliphatic carbocycles. The third-order valence-electron chi connectivity index (χ3n) is 10.2. The Morgan fingerprint density at radius 1 is 0.833 bits per heavy atom. The second-order valence-corrected chi connectivity index (χ2v) is 18.6. The van der Waals surface area contributed by atoms with Crippen LogP contribution in [-0.4, -0.2) is 72.8 Å². The molecular formula is C33H54O8Si. The van der Waals surface area contributed by atoms with Crippen molar-refractivity contribution in [2.24, 2.45) is 17.3 Å². The van der Waals surface area contributed by atoms with E-state index in [0.29, 0.717) is 33.9 Å². The van der Waals surface area contributed by atoms with Crippen molar-refractivity contribution in [1.82, 2.24) is 0 Å². The van der Waals surface area contributed by atoms with Crippen LogP contribution < -0.4 is 9.47 Å². The van der Waals surface area contributed by atoms with Gasteiger partial charge in [-0.15, -0.1) is 0 Å². The summed E-state index contributed by atoms with van der Waals surface area (Å²) in [5, 5.41) is 12.0. The molecule has 9 heteroatoms. The Morgan fingerprint density at radius 3 is 1.81 bits per heavy atom. The Morgan fingerprint density at radius 2 is 1.38 bits per heavy atom. The molecule has 2 bridgehead atoms. The number of benzene rings is 1. The molecule has 0 aromatic heterocycles. The molecule has 5 atom stereocenters. The molecule has 8 nitrogen and oxygen atoms in total. The van der Waals surface area contributed by atoms with Crippen molar-refractivity contribution in [2.45, 2.75) is 102 Å². The SMILES string of the molecule is COC1=CC(=O)[C@@]2(C(O)C(C)C)C[C@H](O[Si](C(C)C)(C(C)C)C(C)C)[C@@H](c3ccc(OC)c(OC)c3)[C@@H]1C2(OC)OC. The number of fused-ring (bicyclic) bond motifs is 2. The van der Waals surface area contributed by atoms with E-state index in [0.717, 1.165) is 5.56 Å². The number of rotatable bonds is 13. The molecule has 0 heterocycles. The Labute approximate surface area is 254 Å². The van der Waals surface area contributed by atoms with Crippen molar-refractivity contribution in [2.75, 3.05) is 35.5 Å². The van der Waals surface area contributed by atoms with Crippen LogP contribution in [0.1, 0.15) is 73.3 Å². The average molecular weight is 607 g/mol.